The van der Waals surface area contributed by atoms with Crippen LogP contribution in [0.4, 0.5) is 0 Å². The van der Waals surface area contributed by atoms with Gasteiger partial charge in [-0.15, -0.1) is 0 Å². The van der Waals surface area contributed by atoms with E-state index in [1.807, 2.05) is 29.2 Å². The lowest BCUT2D eigenvalue weighted by atomic mass is 10.2. The Labute approximate surface area is 169 Å². The predicted octanol–water partition coefficient (Wildman–Crippen LogP) is 4.17. The summed E-state index contributed by atoms with van der Waals surface area (Å²) in [5.41, 5.74) is 0.0699. The first kappa shape index (κ1) is 24.7. The Hall–Kier alpha value is -3.32. The Morgan fingerprint density at radius 3 is 1.50 bits per heavy atom. The summed E-state index contributed by atoms with van der Waals surface area (Å²) in [6.45, 7) is 8.42. The van der Waals surface area contributed by atoms with Crippen molar-refractivity contribution >= 4 is 0 Å². The summed E-state index contributed by atoms with van der Waals surface area (Å²) in [7, 11) is 0. The molecule has 0 aromatic heterocycles. The van der Waals surface area contributed by atoms with E-state index in [0.29, 0.717) is 0 Å². The van der Waals surface area contributed by atoms with Gasteiger partial charge in [0.15, 0.2) is 0 Å². The number of hydrogen-bond donors (Lipinski definition) is 0. The molecule has 0 radical (unpaired) electrons. The van der Waals surface area contributed by atoms with Crippen molar-refractivity contribution in [3.63, 3.8) is 0 Å². The molecule has 28 heavy (non-hydrogen) atoms. The lowest BCUT2D eigenvalue weighted by Gasteiger charge is -2.18. The topological polar surface area (TPSA) is 102 Å². The molecule has 0 heterocycles. The summed E-state index contributed by atoms with van der Waals surface area (Å²) >= 11 is 0. The van der Waals surface area contributed by atoms with E-state index in [4.69, 9.17) is 21.0 Å². The molecule has 0 amide bonds. The maximum atomic E-state index is 8.77. The van der Waals surface area contributed by atoms with Gasteiger partial charge in [-0.2, -0.15) is 21.0 Å². The van der Waals surface area contributed by atoms with Crippen LogP contribution in [0, 0.1) is 45.3 Å². The Kier molecular flexibility index (Phi) is 15.1. The van der Waals surface area contributed by atoms with Crippen LogP contribution >= 0.6 is 0 Å². The number of nitrogens with zero attached hydrogens (tertiary/aromatic N) is 6. The Balaban J connectivity index is 4.70. The van der Waals surface area contributed by atoms with Crippen LogP contribution in [0.5, 0.6) is 0 Å². The fraction of sp³-hybridized carbons (Fsp3) is 0.455. The van der Waals surface area contributed by atoms with Crippen molar-refractivity contribution in [2.75, 3.05) is 26.2 Å². The van der Waals surface area contributed by atoms with Crippen LogP contribution in [-0.4, -0.2) is 36.0 Å². The number of rotatable bonds is 13. The molecule has 6 heteroatoms. The number of unbranched alkanes of at least 4 members (excludes halogenated alkanes) is 3. The van der Waals surface area contributed by atoms with E-state index in [1.54, 1.807) is 24.6 Å². The summed E-state index contributed by atoms with van der Waals surface area (Å²) in [6.07, 6.45) is 14.2. The molecule has 0 aliphatic heterocycles. The van der Waals surface area contributed by atoms with E-state index in [1.165, 1.54) is 18.6 Å². The van der Waals surface area contributed by atoms with Gasteiger partial charge < -0.3 is 9.80 Å². The third-order valence-corrected chi connectivity index (χ3v) is 4.10. The molecular formula is C22H28N6. The molecule has 0 atom stereocenters. The quantitative estimate of drug-likeness (QED) is 0.272. The van der Waals surface area contributed by atoms with Gasteiger partial charge in [0.1, 0.15) is 35.4 Å². The second kappa shape index (κ2) is 17.1. The molecule has 0 saturated carbocycles. The van der Waals surface area contributed by atoms with Gasteiger partial charge in [0, 0.05) is 18.9 Å². The zero-order valence-corrected chi connectivity index (χ0v) is 16.8. The third kappa shape index (κ3) is 12.1. The van der Waals surface area contributed by atoms with Crippen molar-refractivity contribution in [1.82, 2.24) is 9.80 Å². The zero-order chi connectivity index (χ0) is 21.0. The molecule has 0 aromatic rings. The maximum Gasteiger partial charge on any atom is 0.129 e. The van der Waals surface area contributed by atoms with E-state index < -0.39 is 0 Å². The first-order chi connectivity index (χ1) is 13.6. The van der Waals surface area contributed by atoms with Crippen molar-refractivity contribution in [3.05, 3.63) is 47.9 Å². The van der Waals surface area contributed by atoms with E-state index in [9.17, 15) is 0 Å². The van der Waals surface area contributed by atoms with Crippen molar-refractivity contribution in [1.29, 1.82) is 21.0 Å². The molecule has 0 aromatic carbocycles. The van der Waals surface area contributed by atoms with E-state index in [0.717, 1.165) is 45.4 Å². The van der Waals surface area contributed by atoms with E-state index >= 15 is 0 Å². The number of allylic oxidation sites excluding steroid dienone is 6. The van der Waals surface area contributed by atoms with E-state index in [-0.39, 0.29) is 11.1 Å². The number of hydrogen-bond acceptors (Lipinski definition) is 6. The van der Waals surface area contributed by atoms with Crippen LogP contribution in [0.2, 0.25) is 0 Å². The molecule has 0 unspecified atom stereocenters. The molecule has 0 rings (SSSR count). The molecule has 0 fully saturated rings. The molecule has 6 nitrogen and oxygen atoms in total. The fourth-order valence-corrected chi connectivity index (χ4v) is 2.42. The van der Waals surface area contributed by atoms with Crippen LogP contribution in [0.25, 0.3) is 0 Å². The van der Waals surface area contributed by atoms with Gasteiger partial charge in [-0.3, -0.25) is 0 Å². The largest absolute Gasteiger partial charge is 0.354 e. The minimum atomic E-state index is 0.0349. The average molecular weight is 377 g/mol. The third-order valence-electron chi connectivity index (χ3n) is 4.10. The molecule has 0 spiro atoms. The van der Waals surface area contributed by atoms with Gasteiger partial charge in [-0.05, 0) is 56.8 Å². The second-order valence-corrected chi connectivity index (χ2v) is 5.97. The monoisotopic (exact) mass is 376 g/mol. The fourth-order valence-electron chi connectivity index (χ4n) is 2.42. The normalized spacial score (nSPS) is 10.1. The smallest absolute Gasteiger partial charge is 0.129 e. The summed E-state index contributed by atoms with van der Waals surface area (Å²) in [5, 5.41) is 35.1. The summed E-state index contributed by atoms with van der Waals surface area (Å²) in [6, 6.07) is 7.24. The van der Waals surface area contributed by atoms with Crippen molar-refractivity contribution in [3.8, 4) is 24.3 Å². The highest BCUT2D eigenvalue weighted by molar-refractivity contribution is 5.38. The highest BCUT2D eigenvalue weighted by Crippen LogP contribution is 2.05. The molecule has 146 valence electrons. The minimum absolute atomic E-state index is 0.0349. The molecule has 0 aliphatic carbocycles. The molecule has 0 aliphatic rings. The van der Waals surface area contributed by atoms with Gasteiger partial charge in [-0.25, -0.2) is 0 Å². The van der Waals surface area contributed by atoms with Crippen LogP contribution < -0.4 is 0 Å². The van der Waals surface area contributed by atoms with Crippen molar-refractivity contribution in [2.24, 2.45) is 0 Å². The van der Waals surface area contributed by atoms with Crippen molar-refractivity contribution in [2.45, 2.75) is 39.5 Å². The van der Waals surface area contributed by atoms with Crippen LogP contribution in [0.15, 0.2) is 47.9 Å². The SMILES string of the molecule is CCN(CC)CCCCCCN(/C=C/C=C(C#N)C#N)/C=C/C=C(C#N)C#N. The molecule has 0 N–H and O–H groups in total. The van der Waals surface area contributed by atoms with E-state index in [2.05, 4.69) is 18.7 Å². The van der Waals surface area contributed by atoms with Gasteiger partial charge >= 0.3 is 0 Å². The standard InChI is InChI=1S/C22H28N6/c1-3-27(4-2)13-7-5-6-8-14-28(15-9-11-21(17-23)18-24)16-10-12-22(19-25)20-26/h9-12,15-16H,3-8,13-14H2,1-2H3/b15-9+,16-10+. The van der Waals surface area contributed by atoms with Crippen molar-refractivity contribution < 1.29 is 0 Å². The van der Waals surface area contributed by atoms with Gasteiger partial charge in [-0.1, -0.05) is 26.7 Å². The molecule has 0 bridgehead atoms. The minimum Gasteiger partial charge on any atom is -0.354 e. The van der Waals surface area contributed by atoms with Gasteiger partial charge in [0.2, 0.25) is 0 Å². The highest BCUT2D eigenvalue weighted by atomic mass is 15.1. The average Bonchev–Trinajstić information content (AvgIpc) is 2.73. The molecule has 0 saturated heterocycles. The Bertz CT molecular complexity index is 643. The predicted molar refractivity (Wildman–Crippen MR) is 110 cm³/mol. The first-order valence-corrected chi connectivity index (χ1v) is 9.50. The first-order valence-electron chi connectivity index (χ1n) is 9.50. The summed E-state index contributed by atoms with van der Waals surface area (Å²) < 4.78 is 0. The van der Waals surface area contributed by atoms with Crippen LogP contribution in [0.1, 0.15) is 39.5 Å². The summed E-state index contributed by atoms with van der Waals surface area (Å²) in [5.74, 6) is 0. The lowest BCUT2D eigenvalue weighted by molar-refractivity contribution is 0.294. The van der Waals surface area contributed by atoms with Crippen LogP contribution in [0.3, 0.4) is 0 Å². The van der Waals surface area contributed by atoms with Gasteiger partial charge in [0.05, 0.1) is 0 Å². The second-order valence-electron chi connectivity index (χ2n) is 5.97. The maximum absolute atomic E-state index is 8.77. The van der Waals surface area contributed by atoms with Crippen LogP contribution in [-0.2, 0) is 0 Å². The zero-order valence-electron chi connectivity index (χ0n) is 16.8. The summed E-state index contributed by atoms with van der Waals surface area (Å²) in [4.78, 5) is 4.33. The Morgan fingerprint density at radius 1 is 0.679 bits per heavy atom. The van der Waals surface area contributed by atoms with Gasteiger partial charge in [0.25, 0.3) is 0 Å². The Morgan fingerprint density at radius 2 is 1.11 bits per heavy atom. The number of nitriles is 4. The molecular weight excluding hydrogens is 348 g/mol. The highest BCUT2D eigenvalue weighted by Gasteiger charge is 1.99. The lowest BCUT2D eigenvalue weighted by Crippen LogP contribution is -2.23.